The first kappa shape index (κ1) is 17.9. The van der Waals surface area contributed by atoms with Gasteiger partial charge in [0, 0.05) is 53.9 Å². The Morgan fingerprint density at radius 2 is 1.96 bits per heavy atom. The number of aromatic nitrogens is 3. The van der Waals surface area contributed by atoms with Crippen molar-refractivity contribution in [3.63, 3.8) is 0 Å². The third kappa shape index (κ3) is 3.17. The number of hydrogen-bond acceptors (Lipinski definition) is 5. The zero-order valence-electron chi connectivity index (χ0n) is 15.9. The molecule has 0 bridgehead atoms. The molecule has 27 heavy (non-hydrogen) atoms. The van der Waals surface area contributed by atoms with E-state index in [1.54, 1.807) is 10.9 Å². The highest BCUT2D eigenvalue weighted by Crippen LogP contribution is 2.42. The van der Waals surface area contributed by atoms with Crippen LogP contribution < -0.4 is 0 Å². The molecule has 0 unspecified atom stereocenters. The minimum atomic E-state index is -2.74. The van der Waals surface area contributed by atoms with E-state index in [0.29, 0.717) is 17.8 Å². The first-order valence-corrected chi connectivity index (χ1v) is 9.02. The molecule has 142 valence electrons. The topological polar surface area (TPSA) is 67.8 Å². The van der Waals surface area contributed by atoms with Crippen molar-refractivity contribution in [3.05, 3.63) is 34.9 Å². The normalized spacial score (nSPS) is 18.5. The van der Waals surface area contributed by atoms with E-state index in [1.807, 2.05) is 13.2 Å². The number of pyridine rings is 1. The van der Waals surface area contributed by atoms with E-state index >= 15 is 0 Å². The van der Waals surface area contributed by atoms with Gasteiger partial charge in [0.25, 0.3) is 5.92 Å². The van der Waals surface area contributed by atoms with Crippen LogP contribution in [0.2, 0.25) is 0 Å². The lowest BCUT2D eigenvalue weighted by Gasteiger charge is -2.31. The summed E-state index contributed by atoms with van der Waals surface area (Å²) in [5, 5.41) is 16.2. The van der Waals surface area contributed by atoms with Crippen molar-refractivity contribution in [3.8, 4) is 11.1 Å². The summed E-state index contributed by atoms with van der Waals surface area (Å²) in [5.41, 5.74) is 4.90. The number of alkyl halides is 2. The molecule has 8 heteroatoms. The number of nitrogens with zero attached hydrogens (tertiary/aromatic N) is 6. The summed E-state index contributed by atoms with van der Waals surface area (Å²) < 4.78 is 30.3. The summed E-state index contributed by atoms with van der Waals surface area (Å²) in [6.07, 6.45) is 3.33. The Hall–Kier alpha value is -2.51. The molecule has 1 aliphatic carbocycles. The predicted molar refractivity (Wildman–Crippen MR) is 98.4 cm³/mol. The molecular weight excluding hydrogens is 350 g/mol. The summed E-state index contributed by atoms with van der Waals surface area (Å²) in [5.74, 6) is -2.74. The SMILES string of the molecule is Cn1cc(-c2c3c(nc(C(C)(C)C)c2C2=NN=NC2)CCC(F)(F)C3)cn1. The van der Waals surface area contributed by atoms with Crippen molar-refractivity contribution in [2.45, 2.75) is 51.4 Å². The Kier molecular flexibility index (Phi) is 3.98. The maximum Gasteiger partial charge on any atom is 0.252 e. The average Bonchev–Trinajstić information content (AvgIpc) is 3.23. The molecule has 3 heterocycles. The monoisotopic (exact) mass is 372 g/mol. The lowest BCUT2D eigenvalue weighted by molar-refractivity contribution is -0.0127. The molecule has 0 saturated heterocycles. The smallest absolute Gasteiger partial charge is 0.252 e. The minimum absolute atomic E-state index is 0.173. The van der Waals surface area contributed by atoms with Gasteiger partial charge < -0.3 is 0 Å². The van der Waals surface area contributed by atoms with Gasteiger partial charge in [-0.05, 0) is 17.2 Å². The molecule has 0 spiro atoms. The largest absolute Gasteiger partial charge is 0.275 e. The molecule has 0 atom stereocenters. The molecular formula is C19H22F2N6. The standard InChI is InChI=1S/C19H22F2N6/c1-18(2,3)17-16(14-9-22-26-25-14)15(11-8-23-27(4)10-11)12-7-19(20,21)6-5-13(12)24-17/h8,10H,5-7,9H2,1-4H3. The molecule has 0 saturated carbocycles. The van der Waals surface area contributed by atoms with Crippen LogP contribution in [0.5, 0.6) is 0 Å². The average molecular weight is 372 g/mol. The number of aryl methyl sites for hydroxylation is 2. The van der Waals surface area contributed by atoms with Crippen LogP contribution in [-0.2, 0) is 25.3 Å². The molecule has 0 N–H and O–H groups in total. The van der Waals surface area contributed by atoms with Crippen LogP contribution in [-0.4, -0.2) is 32.9 Å². The van der Waals surface area contributed by atoms with Crippen LogP contribution in [0.4, 0.5) is 8.78 Å². The van der Waals surface area contributed by atoms with Gasteiger partial charge in [0.15, 0.2) is 0 Å². The molecule has 0 aromatic carbocycles. The van der Waals surface area contributed by atoms with E-state index in [1.165, 1.54) is 0 Å². The summed E-state index contributed by atoms with van der Waals surface area (Å²) in [6, 6.07) is 0. The highest BCUT2D eigenvalue weighted by Gasteiger charge is 2.39. The summed E-state index contributed by atoms with van der Waals surface area (Å²) in [4.78, 5) is 4.86. The Balaban J connectivity index is 2.08. The third-order valence-electron chi connectivity index (χ3n) is 4.99. The molecule has 2 aromatic heterocycles. The highest BCUT2D eigenvalue weighted by atomic mass is 19.3. The highest BCUT2D eigenvalue weighted by molar-refractivity contribution is 6.09. The van der Waals surface area contributed by atoms with Crippen LogP contribution in [0.25, 0.3) is 11.1 Å². The van der Waals surface area contributed by atoms with Gasteiger partial charge in [-0.15, -0.1) is 5.10 Å². The lowest BCUT2D eigenvalue weighted by atomic mass is 9.78. The zero-order chi connectivity index (χ0) is 19.4. The zero-order valence-corrected chi connectivity index (χ0v) is 15.9. The Morgan fingerprint density at radius 3 is 2.56 bits per heavy atom. The second-order valence-corrected chi connectivity index (χ2v) is 8.26. The predicted octanol–water partition coefficient (Wildman–Crippen LogP) is 4.07. The van der Waals surface area contributed by atoms with Crippen molar-refractivity contribution in [2.24, 2.45) is 22.5 Å². The van der Waals surface area contributed by atoms with E-state index in [0.717, 1.165) is 28.1 Å². The van der Waals surface area contributed by atoms with E-state index in [-0.39, 0.29) is 24.7 Å². The van der Waals surface area contributed by atoms with Gasteiger partial charge in [-0.1, -0.05) is 20.8 Å². The van der Waals surface area contributed by atoms with Crippen molar-refractivity contribution < 1.29 is 8.78 Å². The first-order chi connectivity index (χ1) is 12.7. The Labute approximate surface area is 156 Å². The van der Waals surface area contributed by atoms with Crippen molar-refractivity contribution in [1.29, 1.82) is 0 Å². The van der Waals surface area contributed by atoms with E-state index in [9.17, 15) is 8.78 Å². The quantitative estimate of drug-likeness (QED) is 0.797. The minimum Gasteiger partial charge on any atom is -0.275 e. The van der Waals surface area contributed by atoms with Gasteiger partial charge in [-0.25, -0.2) is 8.78 Å². The van der Waals surface area contributed by atoms with Crippen LogP contribution in [0.1, 0.15) is 49.7 Å². The molecule has 0 radical (unpaired) electrons. The second kappa shape index (κ2) is 6.00. The first-order valence-electron chi connectivity index (χ1n) is 9.02. The second-order valence-electron chi connectivity index (χ2n) is 8.26. The van der Waals surface area contributed by atoms with Crippen molar-refractivity contribution in [2.75, 3.05) is 6.54 Å². The van der Waals surface area contributed by atoms with Crippen LogP contribution >= 0.6 is 0 Å². The molecule has 0 amide bonds. The number of halogens is 2. The molecule has 2 aliphatic rings. The van der Waals surface area contributed by atoms with Gasteiger partial charge in [-0.2, -0.15) is 10.2 Å². The van der Waals surface area contributed by atoms with E-state index in [4.69, 9.17) is 4.98 Å². The Bertz CT molecular complexity index is 965. The summed E-state index contributed by atoms with van der Waals surface area (Å²) >= 11 is 0. The van der Waals surface area contributed by atoms with Crippen molar-refractivity contribution in [1.82, 2.24) is 14.8 Å². The molecule has 0 fully saturated rings. The molecule has 6 nitrogen and oxygen atoms in total. The fourth-order valence-corrected chi connectivity index (χ4v) is 3.75. The van der Waals surface area contributed by atoms with Gasteiger partial charge in [-0.3, -0.25) is 9.67 Å². The van der Waals surface area contributed by atoms with Crippen LogP contribution in [0.15, 0.2) is 27.8 Å². The van der Waals surface area contributed by atoms with Gasteiger partial charge in [0.05, 0.1) is 17.6 Å². The third-order valence-corrected chi connectivity index (χ3v) is 4.99. The maximum atomic E-state index is 14.3. The summed E-state index contributed by atoms with van der Waals surface area (Å²) in [7, 11) is 1.81. The van der Waals surface area contributed by atoms with Gasteiger partial charge >= 0.3 is 0 Å². The Morgan fingerprint density at radius 1 is 1.19 bits per heavy atom. The number of rotatable bonds is 2. The fraction of sp³-hybridized carbons (Fsp3) is 0.526. The van der Waals surface area contributed by atoms with Gasteiger partial charge in [0.2, 0.25) is 0 Å². The number of fused-ring (bicyclic) bond motifs is 1. The van der Waals surface area contributed by atoms with E-state index in [2.05, 4.69) is 41.3 Å². The van der Waals surface area contributed by atoms with E-state index < -0.39 is 5.92 Å². The number of hydrogen-bond donors (Lipinski definition) is 0. The maximum absolute atomic E-state index is 14.3. The lowest BCUT2D eigenvalue weighted by Crippen LogP contribution is -2.31. The van der Waals surface area contributed by atoms with Crippen LogP contribution in [0, 0.1) is 0 Å². The molecule has 4 rings (SSSR count). The van der Waals surface area contributed by atoms with Crippen molar-refractivity contribution >= 4 is 5.71 Å². The fourth-order valence-electron chi connectivity index (χ4n) is 3.75. The molecule has 1 aliphatic heterocycles. The molecule has 2 aromatic rings. The summed E-state index contributed by atoms with van der Waals surface area (Å²) in [6.45, 7) is 6.53. The van der Waals surface area contributed by atoms with Crippen LogP contribution in [0.3, 0.4) is 0 Å². The van der Waals surface area contributed by atoms with Gasteiger partial charge in [0.1, 0.15) is 6.54 Å².